The van der Waals surface area contributed by atoms with Crippen molar-refractivity contribution in [3.63, 3.8) is 0 Å². The lowest BCUT2D eigenvalue weighted by Crippen LogP contribution is -2.25. The van der Waals surface area contributed by atoms with Crippen LogP contribution in [0, 0.1) is 10.1 Å². The monoisotopic (exact) mass is 370 g/mol. The Bertz CT molecular complexity index is 922. The molecule has 0 saturated carbocycles. The summed E-state index contributed by atoms with van der Waals surface area (Å²) >= 11 is 1.28. The molecule has 2 aromatic carbocycles. The van der Waals surface area contributed by atoms with E-state index in [4.69, 9.17) is 0 Å². The number of carbonyl (C=O) groups is 1. The van der Waals surface area contributed by atoms with Gasteiger partial charge in [0.05, 0.1) is 20.9 Å². The number of H-pyrrole nitrogens is 1. The maximum Gasteiger partial charge on any atom is 0.283 e. The third-order valence-corrected chi connectivity index (χ3v) is 4.74. The van der Waals surface area contributed by atoms with Crippen molar-refractivity contribution in [3.05, 3.63) is 64.0 Å². The Kier molecular flexibility index (Phi) is 5.52. The van der Waals surface area contributed by atoms with Crippen LogP contribution in [0.3, 0.4) is 0 Å². The molecule has 0 saturated heterocycles. The van der Waals surface area contributed by atoms with E-state index in [1.165, 1.54) is 17.8 Å². The van der Waals surface area contributed by atoms with Crippen molar-refractivity contribution in [2.75, 3.05) is 12.8 Å². The van der Waals surface area contributed by atoms with Crippen molar-refractivity contribution in [2.24, 2.45) is 0 Å². The van der Waals surface area contributed by atoms with Gasteiger partial charge in [0.15, 0.2) is 0 Å². The Labute approximate surface area is 154 Å². The van der Waals surface area contributed by atoms with Gasteiger partial charge in [-0.15, -0.1) is 11.8 Å². The summed E-state index contributed by atoms with van der Waals surface area (Å²) in [7, 11) is 0. The normalized spacial score (nSPS) is 10.8. The van der Waals surface area contributed by atoms with Crippen LogP contribution < -0.4 is 5.32 Å². The Morgan fingerprint density at radius 1 is 1.31 bits per heavy atom. The number of benzene rings is 2. The zero-order valence-electron chi connectivity index (χ0n) is 14.2. The van der Waals surface area contributed by atoms with Crippen molar-refractivity contribution in [1.82, 2.24) is 15.3 Å². The molecule has 1 aromatic heterocycles. The first-order valence-corrected chi connectivity index (χ1v) is 9.35. The standard InChI is InChI=1S/C18H18N4O3S/c1-26-16-9-8-12(11-15(16)22(24)25)18(23)19-10-4-7-17-20-13-5-2-3-6-14(13)21-17/h2-3,5-6,8-9,11H,4,7,10H2,1H3,(H,19,23)(H,20,21). The van der Waals surface area contributed by atoms with Gasteiger partial charge in [-0.2, -0.15) is 0 Å². The second kappa shape index (κ2) is 8.01. The molecule has 134 valence electrons. The number of hydrogen-bond acceptors (Lipinski definition) is 5. The number of nitro groups is 1. The lowest BCUT2D eigenvalue weighted by molar-refractivity contribution is -0.387. The third kappa shape index (κ3) is 4.02. The average molecular weight is 370 g/mol. The number of amides is 1. The predicted octanol–water partition coefficient (Wildman–Crippen LogP) is 3.56. The van der Waals surface area contributed by atoms with E-state index in [-0.39, 0.29) is 11.6 Å². The predicted molar refractivity (Wildman–Crippen MR) is 102 cm³/mol. The summed E-state index contributed by atoms with van der Waals surface area (Å²) < 4.78 is 0. The minimum atomic E-state index is -0.468. The van der Waals surface area contributed by atoms with Crippen LogP contribution in [-0.4, -0.2) is 33.6 Å². The van der Waals surface area contributed by atoms with Crippen molar-refractivity contribution < 1.29 is 9.72 Å². The van der Waals surface area contributed by atoms with Gasteiger partial charge in [0, 0.05) is 24.6 Å². The van der Waals surface area contributed by atoms with Crippen LogP contribution in [0.15, 0.2) is 47.4 Å². The van der Waals surface area contributed by atoms with Gasteiger partial charge in [-0.3, -0.25) is 14.9 Å². The van der Waals surface area contributed by atoms with Gasteiger partial charge in [0.2, 0.25) is 0 Å². The SMILES string of the molecule is CSc1ccc(C(=O)NCCCc2nc3ccccc3[nH]2)cc1[N+](=O)[O-]. The van der Waals surface area contributed by atoms with E-state index in [1.54, 1.807) is 18.4 Å². The Hall–Kier alpha value is -2.87. The van der Waals surface area contributed by atoms with Gasteiger partial charge >= 0.3 is 0 Å². The van der Waals surface area contributed by atoms with E-state index in [0.717, 1.165) is 23.3 Å². The minimum Gasteiger partial charge on any atom is -0.352 e. The molecule has 8 heteroatoms. The summed E-state index contributed by atoms with van der Waals surface area (Å²) in [5.41, 5.74) is 2.16. The van der Waals surface area contributed by atoms with Gasteiger partial charge < -0.3 is 10.3 Å². The zero-order valence-corrected chi connectivity index (χ0v) is 15.0. The first-order valence-electron chi connectivity index (χ1n) is 8.12. The summed E-state index contributed by atoms with van der Waals surface area (Å²) in [6.07, 6.45) is 3.19. The second-order valence-corrected chi connectivity index (χ2v) is 6.55. The van der Waals surface area contributed by atoms with Gasteiger partial charge in [0.25, 0.3) is 11.6 Å². The molecule has 3 rings (SSSR count). The molecule has 0 spiro atoms. The van der Waals surface area contributed by atoms with E-state index in [1.807, 2.05) is 24.3 Å². The van der Waals surface area contributed by atoms with Crippen LogP contribution in [-0.2, 0) is 6.42 Å². The number of aromatic amines is 1. The van der Waals surface area contributed by atoms with Gasteiger partial charge in [-0.25, -0.2) is 4.98 Å². The Morgan fingerprint density at radius 3 is 2.85 bits per heavy atom. The molecule has 26 heavy (non-hydrogen) atoms. The molecular formula is C18H18N4O3S. The molecule has 7 nitrogen and oxygen atoms in total. The smallest absolute Gasteiger partial charge is 0.283 e. The van der Waals surface area contributed by atoms with Gasteiger partial charge in [0.1, 0.15) is 5.82 Å². The van der Waals surface area contributed by atoms with E-state index in [2.05, 4.69) is 15.3 Å². The van der Waals surface area contributed by atoms with E-state index in [0.29, 0.717) is 23.4 Å². The molecule has 0 unspecified atom stereocenters. The fourth-order valence-corrected chi connectivity index (χ4v) is 3.20. The molecule has 0 aliphatic heterocycles. The van der Waals surface area contributed by atoms with Gasteiger partial charge in [-0.05, 0) is 36.9 Å². The van der Waals surface area contributed by atoms with Crippen LogP contribution in [0.5, 0.6) is 0 Å². The lowest BCUT2D eigenvalue weighted by Gasteiger charge is -2.06. The Balaban J connectivity index is 1.55. The number of nitrogens with zero attached hydrogens (tertiary/aromatic N) is 2. The average Bonchev–Trinajstić information content (AvgIpc) is 3.07. The molecule has 0 fully saturated rings. The maximum atomic E-state index is 12.2. The van der Waals surface area contributed by atoms with Crippen molar-refractivity contribution in [1.29, 1.82) is 0 Å². The number of hydrogen-bond donors (Lipinski definition) is 2. The summed E-state index contributed by atoms with van der Waals surface area (Å²) in [6.45, 7) is 0.466. The highest BCUT2D eigenvalue weighted by Crippen LogP contribution is 2.28. The zero-order chi connectivity index (χ0) is 18.5. The highest BCUT2D eigenvalue weighted by molar-refractivity contribution is 7.98. The molecule has 1 heterocycles. The Morgan fingerprint density at radius 2 is 2.12 bits per heavy atom. The number of aryl methyl sites for hydroxylation is 1. The molecule has 3 aromatic rings. The van der Waals surface area contributed by atoms with Crippen molar-refractivity contribution in [3.8, 4) is 0 Å². The van der Waals surface area contributed by atoms with E-state index < -0.39 is 4.92 Å². The fraction of sp³-hybridized carbons (Fsp3) is 0.222. The molecule has 1 amide bonds. The molecule has 0 bridgehead atoms. The number of thioether (sulfide) groups is 1. The summed E-state index contributed by atoms with van der Waals surface area (Å²) in [4.78, 5) is 31.1. The van der Waals surface area contributed by atoms with Crippen LogP contribution in [0.1, 0.15) is 22.6 Å². The quantitative estimate of drug-likeness (QED) is 0.287. The highest BCUT2D eigenvalue weighted by Gasteiger charge is 2.16. The number of para-hydroxylation sites is 2. The summed E-state index contributed by atoms with van der Waals surface area (Å²) in [5.74, 6) is 0.561. The molecule has 0 radical (unpaired) electrons. The number of imidazole rings is 1. The number of carbonyl (C=O) groups excluding carboxylic acids is 1. The van der Waals surface area contributed by atoms with Crippen LogP contribution in [0.2, 0.25) is 0 Å². The number of rotatable bonds is 7. The number of nitro benzene ring substituents is 1. The lowest BCUT2D eigenvalue weighted by atomic mass is 10.2. The van der Waals surface area contributed by atoms with E-state index >= 15 is 0 Å². The first-order chi connectivity index (χ1) is 12.6. The fourth-order valence-electron chi connectivity index (χ4n) is 2.66. The first kappa shape index (κ1) is 17.9. The van der Waals surface area contributed by atoms with Gasteiger partial charge in [-0.1, -0.05) is 12.1 Å². The molecule has 0 aliphatic carbocycles. The maximum absolute atomic E-state index is 12.2. The summed E-state index contributed by atoms with van der Waals surface area (Å²) in [6, 6.07) is 12.3. The third-order valence-electron chi connectivity index (χ3n) is 3.95. The highest BCUT2D eigenvalue weighted by atomic mass is 32.2. The largest absolute Gasteiger partial charge is 0.352 e. The van der Waals surface area contributed by atoms with Crippen molar-refractivity contribution in [2.45, 2.75) is 17.7 Å². The molecule has 0 aliphatic rings. The molecular weight excluding hydrogens is 352 g/mol. The van der Waals surface area contributed by atoms with Crippen LogP contribution in [0.25, 0.3) is 11.0 Å². The molecule has 2 N–H and O–H groups in total. The van der Waals surface area contributed by atoms with Crippen LogP contribution in [0.4, 0.5) is 5.69 Å². The second-order valence-electron chi connectivity index (χ2n) is 5.70. The van der Waals surface area contributed by atoms with Crippen molar-refractivity contribution >= 4 is 34.4 Å². The van der Waals surface area contributed by atoms with E-state index in [9.17, 15) is 14.9 Å². The number of aromatic nitrogens is 2. The molecule has 0 atom stereocenters. The minimum absolute atomic E-state index is 0.0487. The number of fused-ring (bicyclic) bond motifs is 1. The number of nitrogens with one attached hydrogen (secondary N) is 2. The topological polar surface area (TPSA) is 101 Å². The summed E-state index contributed by atoms with van der Waals surface area (Å²) in [5, 5.41) is 13.9. The van der Waals surface area contributed by atoms with Crippen LogP contribution >= 0.6 is 11.8 Å².